The zero-order valence-corrected chi connectivity index (χ0v) is 10.6. The van der Waals surface area contributed by atoms with Crippen molar-refractivity contribution in [3.63, 3.8) is 0 Å². The lowest BCUT2D eigenvalue weighted by molar-refractivity contribution is 0.363. The number of piperidine rings is 1. The summed E-state index contributed by atoms with van der Waals surface area (Å²) in [6.07, 6.45) is 10.9. The van der Waals surface area contributed by atoms with E-state index in [4.69, 9.17) is 0 Å². The van der Waals surface area contributed by atoms with E-state index >= 15 is 0 Å². The van der Waals surface area contributed by atoms with Crippen molar-refractivity contribution in [1.29, 1.82) is 0 Å². The van der Waals surface area contributed by atoms with Crippen LogP contribution in [-0.2, 0) is 0 Å². The highest BCUT2D eigenvalue weighted by atomic mass is 15.2. The van der Waals surface area contributed by atoms with Gasteiger partial charge in [0, 0.05) is 13.1 Å². The highest BCUT2D eigenvalue weighted by molar-refractivity contribution is 5.36. The van der Waals surface area contributed by atoms with Crippen LogP contribution in [0.5, 0.6) is 0 Å². The molecule has 92 valence electrons. The fraction of sp³-hybridized carbons (Fsp3) is 0.714. The molecule has 1 aromatic rings. The predicted octanol–water partition coefficient (Wildman–Crippen LogP) is 2.80. The molecule has 2 fully saturated rings. The van der Waals surface area contributed by atoms with Gasteiger partial charge >= 0.3 is 0 Å². The first-order valence-electron chi connectivity index (χ1n) is 6.85. The molecule has 1 aliphatic carbocycles. The molecule has 1 aliphatic heterocycles. The molecule has 0 N–H and O–H groups in total. The summed E-state index contributed by atoms with van der Waals surface area (Å²) in [5, 5.41) is 0. The van der Waals surface area contributed by atoms with Crippen molar-refractivity contribution >= 4 is 5.82 Å². The fourth-order valence-corrected chi connectivity index (χ4v) is 2.77. The zero-order valence-electron chi connectivity index (χ0n) is 10.6. The normalized spacial score (nSPS) is 21.8. The van der Waals surface area contributed by atoms with E-state index in [9.17, 15) is 0 Å². The van der Waals surface area contributed by atoms with Gasteiger partial charge in [-0.25, -0.2) is 4.98 Å². The summed E-state index contributed by atoms with van der Waals surface area (Å²) >= 11 is 0. The van der Waals surface area contributed by atoms with Gasteiger partial charge in [-0.1, -0.05) is 12.8 Å². The third-order valence-corrected chi connectivity index (χ3v) is 4.07. The molecule has 3 nitrogen and oxygen atoms in total. The van der Waals surface area contributed by atoms with Gasteiger partial charge in [0.1, 0.15) is 5.82 Å². The largest absolute Gasteiger partial charge is 0.355 e. The average Bonchev–Trinajstić information content (AvgIpc) is 3.15. The highest BCUT2D eigenvalue weighted by Gasteiger charge is 2.28. The van der Waals surface area contributed by atoms with E-state index in [0.717, 1.165) is 36.4 Å². The maximum absolute atomic E-state index is 4.46. The summed E-state index contributed by atoms with van der Waals surface area (Å²) in [7, 11) is 0. The summed E-state index contributed by atoms with van der Waals surface area (Å²) in [5.41, 5.74) is 0.998. The van der Waals surface area contributed by atoms with Gasteiger partial charge in [-0.15, -0.1) is 0 Å². The first-order valence-corrected chi connectivity index (χ1v) is 6.85. The zero-order chi connectivity index (χ0) is 11.7. The monoisotopic (exact) mass is 231 g/mol. The fourth-order valence-electron chi connectivity index (χ4n) is 2.77. The molecular formula is C14H21N3. The summed E-state index contributed by atoms with van der Waals surface area (Å²) in [6.45, 7) is 4.31. The summed E-state index contributed by atoms with van der Waals surface area (Å²) in [5.74, 6) is 3.10. The molecule has 0 unspecified atom stereocenters. The minimum absolute atomic E-state index is 0.970. The molecule has 0 bridgehead atoms. The van der Waals surface area contributed by atoms with Crippen LogP contribution in [0.25, 0.3) is 0 Å². The van der Waals surface area contributed by atoms with Crippen LogP contribution >= 0.6 is 0 Å². The second kappa shape index (κ2) is 4.63. The number of aryl methyl sites for hydroxylation is 1. The van der Waals surface area contributed by atoms with E-state index in [2.05, 4.69) is 14.9 Å². The van der Waals surface area contributed by atoms with Crippen LogP contribution in [0, 0.1) is 18.8 Å². The second-order valence-electron chi connectivity index (χ2n) is 5.63. The number of hydrogen-bond donors (Lipinski definition) is 0. The van der Waals surface area contributed by atoms with Crippen molar-refractivity contribution in [2.75, 3.05) is 18.0 Å². The van der Waals surface area contributed by atoms with Crippen molar-refractivity contribution in [2.45, 2.75) is 39.0 Å². The first-order chi connectivity index (χ1) is 8.31. The number of hydrogen-bond acceptors (Lipinski definition) is 3. The van der Waals surface area contributed by atoms with E-state index in [1.807, 2.05) is 19.3 Å². The quantitative estimate of drug-likeness (QED) is 0.801. The lowest BCUT2D eigenvalue weighted by atomic mass is 9.91. The van der Waals surface area contributed by atoms with Crippen molar-refractivity contribution < 1.29 is 0 Å². The second-order valence-corrected chi connectivity index (χ2v) is 5.63. The van der Waals surface area contributed by atoms with Gasteiger partial charge in [0.2, 0.25) is 0 Å². The van der Waals surface area contributed by atoms with Gasteiger partial charge in [-0.05, 0) is 38.0 Å². The van der Waals surface area contributed by atoms with Gasteiger partial charge in [0.05, 0.1) is 18.1 Å². The Morgan fingerprint density at radius 3 is 2.35 bits per heavy atom. The smallest absolute Gasteiger partial charge is 0.147 e. The summed E-state index contributed by atoms with van der Waals surface area (Å²) < 4.78 is 0. The Balaban J connectivity index is 1.54. The van der Waals surface area contributed by atoms with Crippen molar-refractivity contribution in [2.24, 2.45) is 11.8 Å². The number of nitrogens with zero attached hydrogens (tertiary/aromatic N) is 3. The van der Waals surface area contributed by atoms with E-state index in [1.165, 1.54) is 32.1 Å². The molecule has 0 radical (unpaired) electrons. The van der Waals surface area contributed by atoms with E-state index in [1.54, 1.807) is 0 Å². The standard InChI is InChI=1S/C14H21N3/c1-11-9-16-14(10-15-11)17-6-4-13(5-7-17)8-12-2-3-12/h9-10,12-13H,2-8H2,1H3. The average molecular weight is 231 g/mol. The molecule has 0 spiro atoms. The molecule has 0 aromatic carbocycles. The lowest BCUT2D eigenvalue weighted by Crippen LogP contribution is -2.34. The van der Waals surface area contributed by atoms with Crippen LogP contribution in [0.3, 0.4) is 0 Å². The minimum Gasteiger partial charge on any atom is -0.355 e. The molecular weight excluding hydrogens is 210 g/mol. The van der Waals surface area contributed by atoms with Crippen LogP contribution in [0.4, 0.5) is 5.82 Å². The van der Waals surface area contributed by atoms with E-state index < -0.39 is 0 Å². The molecule has 1 aromatic heterocycles. The molecule has 2 heterocycles. The van der Waals surface area contributed by atoms with Crippen LogP contribution in [0.2, 0.25) is 0 Å². The Labute approximate surface area is 103 Å². The van der Waals surface area contributed by atoms with Crippen LogP contribution in [-0.4, -0.2) is 23.1 Å². The molecule has 3 rings (SSSR count). The molecule has 3 heteroatoms. The van der Waals surface area contributed by atoms with Gasteiger partial charge in [-0.2, -0.15) is 0 Å². The SMILES string of the molecule is Cc1cnc(N2CCC(CC3CC3)CC2)cn1. The topological polar surface area (TPSA) is 29.0 Å². The van der Waals surface area contributed by atoms with E-state index in [-0.39, 0.29) is 0 Å². The Kier molecular flexibility index (Phi) is 3.00. The number of aromatic nitrogens is 2. The summed E-state index contributed by atoms with van der Waals surface area (Å²) in [6, 6.07) is 0. The van der Waals surface area contributed by atoms with Gasteiger partial charge in [0.15, 0.2) is 0 Å². The molecule has 1 saturated heterocycles. The van der Waals surface area contributed by atoms with Crippen molar-refractivity contribution in [3.05, 3.63) is 18.1 Å². The third-order valence-electron chi connectivity index (χ3n) is 4.07. The number of rotatable bonds is 3. The Morgan fingerprint density at radius 2 is 1.76 bits per heavy atom. The lowest BCUT2D eigenvalue weighted by Gasteiger charge is -2.32. The number of anilines is 1. The summed E-state index contributed by atoms with van der Waals surface area (Å²) in [4.78, 5) is 11.2. The Bertz CT molecular complexity index is 362. The van der Waals surface area contributed by atoms with Gasteiger partial charge in [-0.3, -0.25) is 4.98 Å². The van der Waals surface area contributed by atoms with Crippen LogP contribution in [0.1, 0.15) is 37.8 Å². The first kappa shape index (κ1) is 11.0. The maximum atomic E-state index is 4.46. The van der Waals surface area contributed by atoms with E-state index in [0.29, 0.717) is 0 Å². The third kappa shape index (κ3) is 2.76. The Hall–Kier alpha value is -1.12. The molecule has 0 atom stereocenters. The molecule has 1 saturated carbocycles. The van der Waals surface area contributed by atoms with Crippen molar-refractivity contribution in [1.82, 2.24) is 9.97 Å². The molecule has 0 amide bonds. The maximum Gasteiger partial charge on any atom is 0.147 e. The Morgan fingerprint density at radius 1 is 1.06 bits per heavy atom. The molecule has 2 aliphatic rings. The highest BCUT2D eigenvalue weighted by Crippen LogP contribution is 2.38. The van der Waals surface area contributed by atoms with Crippen molar-refractivity contribution in [3.8, 4) is 0 Å². The van der Waals surface area contributed by atoms with Gasteiger partial charge < -0.3 is 4.90 Å². The van der Waals surface area contributed by atoms with Crippen LogP contribution < -0.4 is 4.90 Å². The minimum atomic E-state index is 0.970. The van der Waals surface area contributed by atoms with Gasteiger partial charge in [0.25, 0.3) is 0 Å². The predicted molar refractivity (Wildman–Crippen MR) is 69.0 cm³/mol. The van der Waals surface area contributed by atoms with Crippen LogP contribution in [0.15, 0.2) is 12.4 Å². The molecule has 17 heavy (non-hydrogen) atoms.